The number of hydrogen-bond acceptors (Lipinski definition) is 10. The van der Waals surface area contributed by atoms with Crippen molar-refractivity contribution in [2.24, 2.45) is 0 Å². The average Bonchev–Trinajstić information content (AvgIpc) is 3.22. The Hall–Kier alpha value is -1.82. The molecule has 10 heteroatoms. The van der Waals surface area contributed by atoms with Crippen LogP contribution in [0.25, 0.3) is 0 Å². The molecule has 0 aromatic rings. The van der Waals surface area contributed by atoms with Crippen LogP contribution in [0.15, 0.2) is 24.3 Å². The standard InChI is InChI=1S/C48H88O10/c1-3-5-7-9-11-13-15-17-19-20-21-22-23-25-26-28-30-32-34-36-43(50)55-39-41(40-56-48-47(54)46(53)45(52)42(38-49)58-48)57-44(51)37-35-33-31-29-27-24-18-16-14-12-10-8-6-4-2/h16-19,41-42,45-49,52-54H,3-15,20-40H2,1-2H3/b18-16+,19-17+/t41-,42-,45+,46?,47?,48-/m0/s1. The van der Waals surface area contributed by atoms with Gasteiger partial charge >= 0.3 is 11.9 Å². The summed E-state index contributed by atoms with van der Waals surface area (Å²) >= 11 is 0. The number of unbranched alkanes of at least 4 members (excludes halogenated alkanes) is 25. The molecule has 1 fully saturated rings. The highest BCUT2D eigenvalue weighted by molar-refractivity contribution is 5.70. The molecule has 0 amide bonds. The Balaban J connectivity index is 2.29. The first kappa shape index (κ1) is 54.2. The normalized spacial score (nSPS) is 20.3. The summed E-state index contributed by atoms with van der Waals surface area (Å²) in [5.74, 6) is -0.812. The third kappa shape index (κ3) is 30.2. The predicted octanol–water partition coefficient (Wildman–Crippen LogP) is 10.5. The lowest BCUT2D eigenvalue weighted by atomic mass is 9.99. The van der Waals surface area contributed by atoms with Crippen LogP contribution < -0.4 is 0 Å². The van der Waals surface area contributed by atoms with Crippen LogP contribution in [0.1, 0.15) is 213 Å². The summed E-state index contributed by atoms with van der Waals surface area (Å²) in [7, 11) is 0. The molecule has 1 aliphatic rings. The van der Waals surface area contributed by atoms with Gasteiger partial charge in [0.15, 0.2) is 12.4 Å². The molecule has 0 saturated carbocycles. The van der Waals surface area contributed by atoms with Crippen molar-refractivity contribution in [3.8, 4) is 0 Å². The van der Waals surface area contributed by atoms with Gasteiger partial charge in [-0.05, 0) is 64.2 Å². The maximum atomic E-state index is 12.8. The van der Waals surface area contributed by atoms with Crippen LogP contribution in [0, 0.1) is 0 Å². The second kappa shape index (κ2) is 39.3. The van der Waals surface area contributed by atoms with E-state index < -0.39 is 49.4 Å². The van der Waals surface area contributed by atoms with E-state index in [0.717, 1.165) is 64.2 Å². The van der Waals surface area contributed by atoms with Crippen molar-refractivity contribution in [3.63, 3.8) is 0 Å². The lowest BCUT2D eigenvalue weighted by Crippen LogP contribution is -2.59. The van der Waals surface area contributed by atoms with Crippen molar-refractivity contribution < 1.29 is 49.0 Å². The average molecular weight is 825 g/mol. The van der Waals surface area contributed by atoms with Crippen molar-refractivity contribution in [2.75, 3.05) is 19.8 Å². The molecule has 0 aromatic carbocycles. The van der Waals surface area contributed by atoms with E-state index in [1.807, 2.05) is 0 Å². The minimum atomic E-state index is -1.59. The molecule has 10 nitrogen and oxygen atoms in total. The van der Waals surface area contributed by atoms with Crippen LogP contribution in [0.3, 0.4) is 0 Å². The Labute approximate surface area is 353 Å². The second-order valence-electron chi connectivity index (χ2n) is 16.6. The number of rotatable bonds is 40. The first-order valence-electron chi connectivity index (χ1n) is 23.9. The zero-order valence-corrected chi connectivity index (χ0v) is 37.1. The van der Waals surface area contributed by atoms with E-state index in [4.69, 9.17) is 18.9 Å². The van der Waals surface area contributed by atoms with E-state index in [-0.39, 0.29) is 32.0 Å². The number of carbonyl (C=O) groups is 2. The van der Waals surface area contributed by atoms with Crippen molar-refractivity contribution >= 4 is 11.9 Å². The molecule has 0 bridgehead atoms. The Kier molecular flexibility index (Phi) is 36.7. The number of hydrogen-bond donors (Lipinski definition) is 4. The van der Waals surface area contributed by atoms with Gasteiger partial charge in [-0.15, -0.1) is 0 Å². The van der Waals surface area contributed by atoms with Gasteiger partial charge in [0, 0.05) is 12.8 Å². The number of aliphatic hydroxyl groups is 4. The van der Waals surface area contributed by atoms with Crippen molar-refractivity contribution in [2.45, 2.75) is 250 Å². The maximum absolute atomic E-state index is 12.8. The first-order valence-corrected chi connectivity index (χ1v) is 23.9. The summed E-state index contributed by atoms with van der Waals surface area (Å²) in [6, 6.07) is 0. The summed E-state index contributed by atoms with van der Waals surface area (Å²) in [5.41, 5.74) is 0. The van der Waals surface area contributed by atoms with Crippen LogP contribution in [0.2, 0.25) is 0 Å². The molecular formula is C48H88O10. The SMILES string of the molecule is CCCCCCC/C=C/CCCCCCCC(=O)O[C@@H](COC(=O)CCCCCCCCCCC/C=C/CCCCCCCC)CO[C@H]1O[C@@H](CO)[C@@H](O)C(O)C1O. The summed E-state index contributed by atoms with van der Waals surface area (Å²) in [5, 5.41) is 40.1. The number of aliphatic hydroxyl groups excluding tert-OH is 4. The molecule has 340 valence electrons. The minimum Gasteiger partial charge on any atom is -0.462 e. The number of esters is 2. The molecular weight excluding hydrogens is 737 g/mol. The first-order chi connectivity index (χ1) is 28.3. The second-order valence-corrected chi connectivity index (χ2v) is 16.6. The van der Waals surface area contributed by atoms with Crippen molar-refractivity contribution in [3.05, 3.63) is 24.3 Å². The van der Waals surface area contributed by atoms with Crippen LogP contribution >= 0.6 is 0 Å². The third-order valence-corrected chi connectivity index (χ3v) is 11.1. The lowest BCUT2D eigenvalue weighted by Gasteiger charge is -2.39. The van der Waals surface area contributed by atoms with Crippen molar-refractivity contribution in [1.29, 1.82) is 0 Å². The largest absolute Gasteiger partial charge is 0.462 e. The Bertz CT molecular complexity index is 1000. The van der Waals surface area contributed by atoms with E-state index in [2.05, 4.69) is 38.2 Å². The fourth-order valence-electron chi connectivity index (χ4n) is 7.24. The molecule has 0 aliphatic carbocycles. The molecule has 0 aromatic heterocycles. The van der Waals surface area contributed by atoms with Crippen LogP contribution in [0.4, 0.5) is 0 Å². The van der Waals surface area contributed by atoms with Gasteiger partial charge < -0.3 is 39.4 Å². The Morgan fingerprint density at radius 3 is 1.34 bits per heavy atom. The minimum absolute atomic E-state index is 0.219. The third-order valence-electron chi connectivity index (χ3n) is 11.1. The van der Waals surface area contributed by atoms with Gasteiger partial charge in [0.1, 0.15) is 31.0 Å². The number of allylic oxidation sites excluding steroid dienone is 4. The molecule has 1 rings (SSSR count). The molecule has 1 heterocycles. The van der Waals surface area contributed by atoms with Gasteiger partial charge in [0.25, 0.3) is 0 Å². The topological polar surface area (TPSA) is 152 Å². The monoisotopic (exact) mass is 825 g/mol. The molecule has 1 aliphatic heterocycles. The molecule has 0 spiro atoms. The summed E-state index contributed by atoms with van der Waals surface area (Å²) < 4.78 is 22.2. The van der Waals surface area contributed by atoms with Gasteiger partial charge in [-0.25, -0.2) is 0 Å². The zero-order valence-electron chi connectivity index (χ0n) is 37.1. The molecule has 58 heavy (non-hydrogen) atoms. The predicted molar refractivity (Wildman–Crippen MR) is 233 cm³/mol. The van der Waals surface area contributed by atoms with E-state index in [0.29, 0.717) is 6.42 Å². The molecule has 0 radical (unpaired) electrons. The highest BCUT2D eigenvalue weighted by Crippen LogP contribution is 2.23. The number of carbonyl (C=O) groups excluding carboxylic acids is 2. The lowest BCUT2D eigenvalue weighted by molar-refractivity contribution is -0.305. The van der Waals surface area contributed by atoms with E-state index in [1.54, 1.807) is 0 Å². The highest BCUT2D eigenvalue weighted by Gasteiger charge is 2.44. The quantitative estimate of drug-likeness (QED) is 0.0267. The van der Waals surface area contributed by atoms with Crippen LogP contribution in [0.5, 0.6) is 0 Å². The fourth-order valence-corrected chi connectivity index (χ4v) is 7.24. The van der Waals surface area contributed by atoms with E-state index in [1.165, 1.54) is 116 Å². The summed E-state index contributed by atoms with van der Waals surface area (Å²) in [6.07, 6.45) is 36.1. The molecule has 6 atom stereocenters. The van der Waals surface area contributed by atoms with Gasteiger partial charge in [0.05, 0.1) is 13.2 Å². The Morgan fingerprint density at radius 1 is 0.517 bits per heavy atom. The van der Waals surface area contributed by atoms with Gasteiger partial charge in [-0.3, -0.25) is 9.59 Å². The smallest absolute Gasteiger partial charge is 0.306 e. The maximum Gasteiger partial charge on any atom is 0.306 e. The molecule has 1 saturated heterocycles. The Morgan fingerprint density at radius 2 is 0.914 bits per heavy atom. The van der Waals surface area contributed by atoms with E-state index >= 15 is 0 Å². The highest BCUT2D eigenvalue weighted by atomic mass is 16.7. The summed E-state index contributed by atoms with van der Waals surface area (Å²) in [6.45, 7) is 3.42. The zero-order chi connectivity index (χ0) is 42.3. The van der Waals surface area contributed by atoms with E-state index in [9.17, 15) is 30.0 Å². The van der Waals surface area contributed by atoms with Crippen LogP contribution in [-0.4, -0.2) is 89.0 Å². The van der Waals surface area contributed by atoms with Crippen LogP contribution in [-0.2, 0) is 28.5 Å². The van der Waals surface area contributed by atoms with Gasteiger partial charge in [0.2, 0.25) is 0 Å². The van der Waals surface area contributed by atoms with Gasteiger partial charge in [-0.2, -0.15) is 0 Å². The van der Waals surface area contributed by atoms with Gasteiger partial charge in [-0.1, -0.05) is 160 Å². The number of ether oxygens (including phenoxy) is 4. The molecule has 4 N–H and O–H groups in total. The fraction of sp³-hybridized carbons (Fsp3) is 0.875. The summed E-state index contributed by atoms with van der Waals surface area (Å²) in [4.78, 5) is 25.4. The van der Waals surface area contributed by atoms with Crippen molar-refractivity contribution in [1.82, 2.24) is 0 Å². The molecule has 2 unspecified atom stereocenters.